The zero-order valence-corrected chi connectivity index (χ0v) is 29.4. The van der Waals surface area contributed by atoms with Gasteiger partial charge in [0.1, 0.15) is 24.2 Å². The SMILES string of the molecule is CCc1c(O[C@@H]2O[C@@H](C)CC[C@@H]2O)cc(O)c(C(=O)c2ccc(OCCN3CCOCC3)c(OC)c2)c1CC(=O)N(CCOC)CCOC. The molecule has 2 aromatic carbocycles. The molecule has 3 atom stereocenters. The fourth-order valence-electron chi connectivity index (χ4n) is 6.05. The van der Waals surface area contributed by atoms with Gasteiger partial charge in [-0.1, -0.05) is 6.92 Å². The molecule has 2 aliphatic heterocycles. The van der Waals surface area contributed by atoms with Crippen molar-refractivity contribution in [2.75, 3.05) is 87.1 Å². The Hall–Kier alpha value is -3.46. The third-order valence-electron chi connectivity index (χ3n) is 8.87. The first-order valence-electron chi connectivity index (χ1n) is 17.0. The van der Waals surface area contributed by atoms with Crippen molar-refractivity contribution in [3.05, 3.63) is 46.5 Å². The van der Waals surface area contributed by atoms with Crippen LogP contribution in [0, 0.1) is 0 Å². The van der Waals surface area contributed by atoms with Gasteiger partial charge < -0.3 is 48.3 Å². The summed E-state index contributed by atoms with van der Waals surface area (Å²) in [6, 6.07) is 6.23. The van der Waals surface area contributed by atoms with Crippen molar-refractivity contribution >= 4 is 11.7 Å². The van der Waals surface area contributed by atoms with E-state index in [0.29, 0.717) is 88.0 Å². The van der Waals surface area contributed by atoms with Crippen molar-refractivity contribution in [2.45, 2.75) is 58.0 Å². The number of nitrogens with zero attached hydrogens (tertiary/aromatic N) is 2. The molecule has 49 heavy (non-hydrogen) atoms. The maximum atomic E-state index is 14.3. The molecule has 0 saturated carbocycles. The van der Waals surface area contributed by atoms with E-state index in [1.54, 1.807) is 37.3 Å². The molecule has 4 rings (SSSR count). The van der Waals surface area contributed by atoms with E-state index in [0.717, 1.165) is 19.6 Å². The summed E-state index contributed by atoms with van der Waals surface area (Å²) >= 11 is 0. The first-order chi connectivity index (χ1) is 23.7. The normalized spacial score (nSPS) is 19.8. The number of morpholine rings is 1. The van der Waals surface area contributed by atoms with Crippen LogP contribution in [0.15, 0.2) is 24.3 Å². The molecule has 0 aliphatic carbocycles. The van der Waals surface area contributed by atoms with Gasteiger partial charge >= 0.3 is 0 Å². The van der Waals surface area contributed by atoms with E-state index in [4.69, 9.17) is 33.2 Å². The highest BCUT2D eigenvalue weighted by molar-refractivity contribution is 6.12. The Labute approximate surface area is 288 Å². The second kappa shape index (κ2) is 19.1. The van der Waals surface area contributed by atoms with Gasteiger partial charge in [-0.3, -0.25) is 14.5 Å². The number of carbonyl (C=O) groups excluding carboxylic acids is 2. The van der Waals surface area contributed by atoms with Crippen LogP contribution in [0.4, 0.5) is 0 Å². The van der Waals surface area contributed by atoms with Crippen LogP contribution in [0.25, 0.3) is 0 Å². The van der Waals surface area contributed by atoms with Crippen molar-refractivity contribution in [1.29, 1.82) is 0 Å². The molecule has 2 aromatic rings. The van der Waals surface area contributed by atoms with Gasteiger partial charge in [0.05, 0.1) is 51.6 Å². The summed E-state index contributed by atoms with van der Waals surface area (Å²) in [5.41, 5.74) is 1.11. The van der Waals surface area contributed by atoms with E-state index >= 15 is 0 Å². The number of aromatic hydroxyl groups is 1. The second-order valence-electron chi connectivity index (χ2n) is 12.2. The zero-order chi connectivity index (χ0) is 35.3. The third-order valence-corrected chi connectivity index (χ3v) is 8.87. The summed E-state index contributed by atoms with van der Waals surface area (Å²) in [6.45, 7) is 9.26. The quantitative estimate of drug-likeness (QED) is 0.222. The molecule has 2 heterocycles. The summed E-state index contributed by atoms with van der Waals surface area (Å²) in [5.74, 6) is -0.0512. The summed E-state index contributed by atoms with van der Waals surface area (Å²) in [7, 11) is 4.61. The molecule has 2 aliphatic rings. The average molecular weight is 689 g/mol. The number of phenols is 1. The lowest BCUT2D eigenvalue weighted by Crippen LogP contribution is -2.42. The van der Waals surface area contributed by atoms with Gasteiger partial charge in [-0.25, -0.2) is 0 Å². The van der Waals surface area contributed by atoms with Crippen LogP contribution < -0.4 is 14.2 Å². The number of phenolic OH excluding ortho intramolecular Hbond substituents is 1. The van der Waals surface area contributed by atoms with Gasteiger partial charge in [0.2, 0.25) is 12.2 Å². The van der Waals surface area contributed by atoms with Crippen molar-refractivity contribution in [1.82, 2.24) is 9.80 Å². The van der Waals surface area contributed by atoms with E-state index in [9.17, 15) is 19.8 Å². The van der Waals surface area contributed by atoms with Gasteiger partial charge in [-0.2, -0.15) is 0 Å². The topological polar surface area (TPSA) is 146 Å². The number of hydrogen-bond acceptors (Lipinski definition) is 12. The van der Waals surface area contributed by atoms with Crippen molar-refractivity contribution in [2.24, 2.45) is 0 Å². The number of amides is 1. The molecule has 2 N–H and O–H groups in total. The molecule has 13 heteroatoms. The second-order valence-corrected chi connectivity index (χ2v) is 12.2. The largest absolute Gasteiger partial charge is 0.507 e. The molecule has 13 nitrogen and oxygen atoms in total. The minimum atomic E-state index is -0.974. The Kier molecular flexibility index (Phi) is 14.9. The Morgan fingerprint density at radius 2 is 1.67 bits per heavy atom. The minimum absolute atomic E-state index is 0.0162. The predicted octanol–water partition coefficient (Wildman–Crippen LogP) is 2.83. The molecule has 0 radical (unpaired) electrons. The molecule has 2 saturated heterocycles. The van der Waals surface area contributed by atoms with E-state index in [2.05, 4.69) is 4.90 Å². The molecular weight excluding hydrogens is 636 g/mol. The summed E-state index contributed by atoms with van der Waals surface area (Å²) in [4.78, 5) is 32.0. The molecule has 0 spiro atoms. The Bertz CT molecular complexity index is 1370. The summed E-state index contributed by atoms with van der Waals surface area (Å²) in [6.07, 6.45) is -0.651. The Morgan fingerprint density at radius 3 is 2.33 bits per heavy atom. The van der Waals surface area contributed by atoms with Crippen LogP contribution in [0.5, 0.6) is 23.0 Å². The highest BCUT2D eigenvalue weighted by Gasteiger charge is 2.33. The van der Waals surface area contributed by atoms with Crippen LogP contribution >= 0.6 is 0 Å². The maximum Gasteiger partial charge on any atom is 0.227 e. The number of ketones is 1. The number of carbonyl (C=O) groups is 2. The summed E-state index contributed by atoms with van der Waals surface area (Å²) in [5, 5.41) is 22.1. The zero-order valence-electron chi connectivity index (χ0n) is 29.4. The van der Waals surface area contributed by atoms with Crippen LogP contribution in [0.1, 0.15) is 53.7 Å². The third kappa shape index (κ3) is 10.3. The Morgan fingerprint density at radius 1 is 0.959 bits per heavy atom. The van der Waals surface area contributed by atoms with Crippen molar-refractivity contribution in [3.63, 3.8) is 0 Å². The van der Waals surface area contributed by atoms with Gasteiger partial charge in [0, 0.05) is 58.6 Å². The lowest BCUT2D eigenvalue weighted by atomic mass is 9.89. The predicted molar refractivity (Wildman–Crippen MR) is 181 cm³/mol. The molecule has 2 fully saturated rings. The standard InChI is InChI=1S/C36H52N2O11/c1-6-26-27(22-33(41)38(14-16-43-3)15-17-44-4)34(29(40)23-31(26)49-36-28(39)9-7-24(2)48-36)35(42)25-8-10-30(32(21-25)45-5)47-20-13-37-11-18-46-19-12-37/h8,10,21,23-24,28,36,39-40H,6-7,9,11-20,22H2,1-5H3/t24-,28-,36-/m0/s1. The maximum absolute atomic E-state index is 14.3. The molecule has 1 amide bonds. The number of methoxy groups -OCH3 is 3. The number of aliphatic hydroxyl groups excluding tert-OH is 1. The van der Waals surface area contributed by atoms with Gasteiger partial charge in [0.25, 0.3) is 0 Å². The van der Waals surface area contributed by atoms with Crippen molar-refractivity contribution in [3.8, 4) is 23.0 Å². The lowest BCUT2D eigenvalue weighted by Gasteiger charge is -2.33. The first kappa shape index (κ1) is 38.3. The number of rotatable bonds is 18. The first-order valence-corrected chi connectivity index (χ1v) is 17.0. The Balaban J connectivity index is 1.69. The molecular formula is C36H52N2O11. The van der Waals surface area contributed by atoms with Gasteiger partial charge in [0.15, 0.2) is 17.3 Å². The van der Waals surface area contributed by atoms with E-state index < -0.39 is 18.2 Å². The summed E-state index contributed by atoms with van der Waals surface area (Å²) < 4.78 is 39.5. The van der Waals surface area contributed by atoms with E-state index in [-0.39, 0.29) is 41.1 Å². The van der Waals surface area contributed by atoms with Gasteiger partial charge in [-0.05, 0) is 55.5 Å². The number of aliphatic hydroxyl groups is 1. The van der Waals surface area contributed by atoms with E-state index in [1.165, 1.54) is 13.2 Å². The van der Waals surface area contributed by atoms with Crippen LogP contribution in [-0.2, 0) is 36.6 Å². The number of ether oxygens (including phenoxy) is 7. The molecule has 0 aromatic heterocycles. The molecule has 0 bridgehead atoms. The fourth-order valence-corrected chi connectivity index (χ4v) is 6.05. The smallest absolute Gasteiger partial charge is 0.227 e. The average Bonchev–Trinajstić information content (AvgIpc) is 3.10. The lowest BCUT2D eigenvalue weighted by molar-refractivity contribution is -0.197. The highest BCUT2D eigenvalue weighted by Crippen LogP contribution is 2.38. The fraction of sp³-hybridized carbons (Fsp3) is 0.611. The van der Waals surface area contributed by atoms with Crippen LogP contribution in [0.3, 0.4) is 0 Å². The number of hydrogen-bond donors (Lipinski definition) is 2. The van der Waals surface area contributed by atoms with Gasteiger partial charge in [-0.15, -0.1) is 0 Å². The van der Waals surface area contributed by atoms with Crippen LogP contribution in [0.2, 0.25) is 0 Å². The molecule has 272 valence electrons. The number of benzene rings is 2. The van der Waals surface area contributed by atoms with Crippen molar-refractivity contribution < 1.29 is 53.0 Å². The van der Waals surface area contributed by atoms with Crippen LogP contribution in [-0.4, -0.2) is 137 Å². The van der Waals surface area contributed by atoms with E-state index in [1.807, 2.05) is 13.8 Å². The minimum Gasteiger partial charge on any atom is -0.507 e. The molecule has 0 unspecified atom stereocenters. The monoisotopic (exact) mass is 688 g/mol. The highest BCUT2D eigenvalue weighted by atomic mass is 16.7.